The Morgan fingerprint density at radius 3 is 2.50 bits per heavy atom. The molecule has 1 aliphatic rings. The molecule has 0 heterocycles. The third-order valence-corrected chi connectivity index (χ3v) is 2.93. The Morgan fingerprint density at radius 1 is 1.19 bits per heavy atom. The quantitative estimate of drug-likeness (QED) is 0.801. The van der Waals surface area contributed by atoms with Gasteiger partial charge in [0.25, 0.3) is 0 Å². The van der Waals surface area contributed by atoms with Crippen LogP contribution in [0.5, 0.6) is 5.75 Å². The maximum atomic E-state index is 5.88. The van der Waals surface area contributed by atoms with E-state index in [1.54, 1.807) is 0 Å². The van der Waals surface area contributed by atoms with Gasteiger partial charge < -0.3 is 15.8 Å². The van der Waals surface area contributed by atoms with Crippen LogP contribution in [0.2, 0.25) is 0 Å². The Kier molecular flexibility index (Phi) is 4.05. The molecule has 0 saturated heterocycles. The lowest BCUT2D eigenvalue weighted by Crippen LogP contribution is -2.13. The van der Waals surface area contributed by atoms with Gasteiger partial charge >= 0.3 is 0 Å². The minimum atomic E-state index is 0.433. The van der Waals surface area contributed by atoms with Crippen molar-refractivity contribution in [2.24, 2.45) is 5.73 Å². The van der Waals surface area contributed by atoms with Gasteiger partial charge in [-0.15, -0.1) is 0 Å². The highest BCUT2D eigenvalue weighted by Crippen LogP contribution is 2.24. The number of nitrogens with two attached hydrogens (primary N) is 1. The molecule has 2 rings (SSSR count). The van der Waals surface area contributed by atoms with Crippen LogP contribution in [0.1, 0.15) is 25.7 Å². The Labute approximate surface area is 97.0 Å². The van der Waals surface area contributed by atoms with Crippen LogP contribution in [0.4, 0.5) is 5.69 Å². The summed E-state index contributed by atoms with van der Waals surface area (Å²) in [5.74, 6) is 0.977. The second-order valence-corrected chi connectivity index (χ2v) is 4.26. The molecule has 3 nitrogen and oxygen atoms in total. The first-order chi connectivity index (χ1) is 7.88. The van der Waals surface area contributed by atoms with Crippen molar-refractivity contribution in [1.29, 1.82) is 0 Å². The molecule has 3 N–H and O–H groups in total. The Morgan fingerprint density at radius 2 is 1.88 bits per heavy atom. The molecular formula is C13H20N2O. The zero-order valence-electron chi connectivity index (χ0n) is 9.61. The van der Waals surface area contributed by atoms with Crippen LogP contribution < -0.4 is 15.8 Å². The lowest BCUT2D eigenvalue weighted by molar-refractivity contribution is 0.210. The monoisotopic (exact) mass is 220 g/mol. The van der Waals surface area contributed by atoms with Gasteiger partial charge in [-0.05, 0) is 49.9 Å². The first kappa shape index (κ1) is 11.3. The molecule has 1 saturated carbocycles. The minimum Gasteiger partial charge on any atom is -0.490 e. The van der Waals surface area contributed by atoms with E-state index in [-0.39, 0.29) is 0 Å². The summed E-state index contributed by atoms with van der Waals surface area (Å²) in [5, 5.41) is 3.23. The van der Waals surface area contributed by atoms with E-state index < -0.39 is 0 Å². The molecule has 0 bridgehead atoms. The van der Waals surface area contributed by atoms with Crippen molar-refractivity contribution in [2.45, 2.75) is 31.8 Å². The van der Waals surface area contributed by atoms with Crippen LogP contribution in [0, 0.1) is 0 Å². The number of anilines is 1. The molecular weight excluding hydrogens is 200 g/mol. The zero-order valence-corrected chi connectivity index (χ0v) is 9.61. The van der Waals surface area contributed by atoms with Crippen LogP contribution in [0.3, 0.4) is 0 Å². The van der Waals surface area contributed by atoms with E-state index in [4.69, 9.17) is 10.5 Å². The fourth-order valence-corrected chi connectivity index (χ4v) is 2.07. The van der Waals surface area contributed by atoms with E-state index in [1.165, 1.54) is 25.7 Å². The lowest BCUT2D eigenvalue weighted by Gasteiger charge is -2.13. The Bertz CT molecular complexity index is 304. The van der Waals surface area contributed by atoms with Crippen molar-refractivity contribution < 1.29 is 4.74 Å². The first-order valence-electron chi connectivity index (χ1n) is 6.09. The predicted molar refractivity (Wildman–Crippen MR) is 66.9 cm³/mol. The van der Waals surface area contributed by atoms with Crippen LogP contribution >= 0.6 is 0 Å². The van der Waals surface area contributed by atoms with Gasteiger partial charge in [-0.25, -0.2) is 0 Å². The number of ether oxygens (including phenoxy) is 1. The summed E-state index contributed by atoms with van der Waals surface area (Å²) in [7, 11) is 0. The summed E-state index contributed by atoms with van der Waals surface area (Å²) in [6, 6.07) is 8.13. The maximum absolute atomic E-state index is 5.88. The van der Waals surface area contributed by atoms with Gasteiger partial charge in [0.15, 0.2) is 0 Å². The van der Waals surface area contributed by atoms with Crippen LogP contribution in [0.25, 0.3) is 0 Å². The summed E-state index contributed by atoms with van der Waals surface area (Å²) in [5.41, 5.74) is 6.53. The summed E-state index contributed by atoms with van der Waals surface area (Å²) in [6.45, 7) is 1.46. The van der Waals surface area contributed by atoms with Gasteiger partial charge in [0.1, 0.15) is 5.75 Å². The van der Waals surface area contributed by atoms with Gasteiger partial charge in [-0.1, -0.05) is 0 Å². The van der Waals surface area contributed by atoms with E-state index in [2.05, 4.69) is 5.32 Å². The molecule has 0 unspecified atom stereocenters. The summed E-state index contributed by atoms with van der Waals surface area (Å²) in [4.78, 5) is 0. The molecule has 1 aliphatic carbocycles. The normalized spacial score (nSPS) is 16.3. The average molecular weight is 220 g/mol. The Hall–Kier alpha value is -1.22. The third-order valence-electron chi connectivity index (χ3n) is 2.93. The van der Waals surface area contributed by atoms with Gasteiger partial charge in [0.05, 0.1) is 6.10 Å². The molecule has 1 fully saturated rings. The zero-order chi connectivity index (χ0) is 11.2. The lowest BCUT2D eigenvalue weighted by atomic mass is 10.2. The largest absolute Gasteiger partial charge is 0.490 e. The SMILES string of the molecule is NCCNc1ccc(OC2CCCC2)cc1. The topological polar surface area (TPSA) is 47.3 Å². The average Bonchev–Trinajstić information content (AvgIpc) is 2.81. The summed E-state index contributed by atoms with van der Waals surface area (Å²) < 4.78 is 5.88. The molecule has 0 amide bonds. The van der Waals surface area contributed by atoms with Crippen molar-refractivity contribution in [2.75, 3.05) is 18.4 Å². The molecule has 88 valence electrons. The van der Waals surface area contributed by atoms with Gasteiger partial charge in [0, 0.05) is 18.8 Å². The number of benzene rings is 1. The van der Waals surface area contributed by atoms with Crippen LogP contribution in [0.15, 0.2) is 24.3 Å². The summed E-state index contributed by atoms with van der Waals surface area (Å²) in [6.07, 6.45) is 5.45. The second-order valence-electron chi connectivity index (χ2n) is 4.26. The molecule has 3 heteroatoms. The van der Waals surface area contributed by atoms with Gasteiger partial charge in [-0.3, -0.25) is 0 Å². The molecule has 0 radical (unpaired) electrons. The third kappa shape index (κ3) is 3.14. The van der Waals surface area contributed by atoms with E-state index in [0.29, 0.717) is 12.6 Å². The smallest absolute Gasteiger partial charge is 0.119 e. The molecule has 0 atom stereocenters. The van der Waals surface area contributed by atoms with Crippen LogP contribution in [-0.4, -0.2) is 19.2 Å². The molecule has 1 aromatic carbocycles. The second kappa shape index (κ2) is 5.75. The molecule has 1 aromatic rings. The molecule has 0 aromatic heterocycles. The fourth-order valence-electron chi connectivity index (χ4n) is 2.07. The van der Waals surface area contributed by atoms with Crippen molar-refractivity contribution in [1.82, 2.24) is 0 Å². The van der Waals surface area contributed by atoms with Gasteiger partial charge in [0.2, 0.25) is 0 Å². The number of hydrogen-bond donors (Lipinski definition) is 2. The summed E-state index contributed by atoms with van der Waals surface area (Å²) >= 11 is 0. The van der Waals surface area contributed by atoms with Crippen molar-refractivity contribution >= 4 is 5.69 Å². The van der Waals surface area contributed by atoms with Crippen LogP contribution in [-0.2, 0) is 0 Å². The van der Waals surface area contributed by atoms with Crippen molar-refractivity contribution in [3.8, 4) is 5.75 Å². The van der Waals surface area contributed by atoms with E-state index in [0.717, 1.165) is 18.0 Å². The van der Waals surface area contributed by atoms with E-state index in [1.807, 2.05) is 24.3 Å². The first-order valence-corrected chi connectivity index (χ1v) is 6.09. The number of hydrogen-bond acceptors (Lipinski definition) is 3. The van der Waals surface area contributed by atoms with E-state index in [9.17, 15) is 0 Å². The predicted octanol–water partition coefficient (Wildman–Crippen LogP) is 2.38. The highest BCUT2D eigenvalue weighted by atomic mass is 16.5. The molecule has 16 heavy (non-hydrogen) atoms. The van der Waals surface area contributed by atoms with Crippen molar-refractivity contribution in [3.63, 3.8) is 0 Å². The van der Waals surface area contributed by atoms with E-state index >= 15 is 0 Å². The highest BCUT2D eigenvalue weighted by molar-refractivity contribution is 5.46. The molecule has 0 aliphatic heterocycles. The minimum absolute atomic E-state index is 0.433. The Balaban J connectivity index is 1.86. The number of nitrogens with one attached hydrogen (secondary N) is 1. The molecule has 0 spiro atoms. The fraction of sp³-hybridized carbons (Fsp3) is 0.538. The standard InChI is InChI=1S/C13H20N2O/c14-9-10-15-11-5-7-13(8-6-11)16-12-3-1-2-4-12/h5-8,12,15H,1-4,9-10,14H2. The highest BCUT2D eigenvalue weighted by Gasteiger charge is 2.16. The maximum Gasteiger partial charge on any atom is 0.119 e. The van der Waals surface area contributed by atoms with Crippen molar-refractivity contribution in [3.05, 3.63) is 24.3 Å². The number of rotatable bonds is 5. The van der Waals surface area contributed by atoms with Gasteiger partial charge in [-0.2, -0.15) is 0 Å².